The highest BCUT2D eigenvalue weighted by Crippen LogP contribution is 2.25. The summed E-state index contributed by atoms with van der Waals surface area (Å²) in [4.78, 5) is 0. The Labute approximate surface area is 80.4 Å². The molecule has 0 aromatic carbocycles. The monoisotopic (exact) mass is 230 g/mol. The van der Waals surface area contributed by atoms with E-state index in [-0.39, 0.29) is 6.42 Å². The maximum Gasteiger partial charge on any atom is 0.523 e. The van der Waals surface area contributed by atoms with Gasteiger partial charge in [-0.3, -0.25) is 4.18 Å². The quantitative estimate of drug-likeness (QED) is 0.420. The highest BCUT2D eigenvalue weighted by molar-refractivity contribution is 7.87. The molecule has 0 radical (unpaired) electrons. The molecule has 0 saturated carbocycles. The fourth-order valence-corrected chi connectivity index (χ4v) is 1.16. The third-order valence-electron chi connectivity index (χ3n) is 1.14. The van der Waals surface area contributed by atoms with Crippen molar-refractivity contribution in [3.05, 3.63) is 0 Å². The van der Waals surface area contributed by atoms with Gasteiger partial charge in [0.15, 0.2) is 0 Å². The van der Waals surface area contributed by atoms with E-state index in [1.54, 1.807) is 0 Å². The van der Waals surface area contributed by atoms with Crippen molar-refractivity contribution in [1.82, 2.24) is 0 Å². The minimum Gasteiger partial charge on any atom is -0.259 e. The number of rotatable bonds is 3. The van der Waals surface area contributed by atoms with Crippen LogP contribution in [0.25, 0.3) is 0 Å². The smallest absolute Gasteiger partial charge is 0.259 e. The fraction of sp³-hybridized carbons (Fsp3) is 0.714. The largest absolute Gasteiger partial charge is 0.523 e. The molecule has 0 aliphatic rings. The number of halogens is 3. The van der Waals surface area contributed by atoms with Crippen molar-refractivity contribution >= 4 is 10.1 Å². The Morgan fingerprint density at radius 1 is 1.43 bits per heavy atom. The summed E-state index contributed by atoms with van der Waals surface area (Å²) in [5.41, 5.74) is -5.37. The average Bonchev–Trinajstić information content (AvgIpc) is 1.97. The summed E-state index contributed by atoms with van der Waals surface area (Å²) in [5, 5.41) is 0. The number of hydrogen-bond acceptors (Lipinski definition) is 3. The van der Waals surface area contributed by atoms with Crippen LogP contribution < -0.4 is 0 Å². The maximum absolute atomic E-state index is 11.8. The summed E-state index contributed by atoms with van der Waals surface area (Å²) in [6.07, 6.45) is -1.17. The molecule has 0 aromatic rings. The minimum atomic E-state index is -5.50. The van der Waals surface area contributed by atoms with Crippen LogP contribution in [-0.4, -0.2) is 20.0 Å². The number of alkyl halides is 3. The van der Waals surface area contributed by atoms with Gasteiger partial charge in [-0.15, -0.1) is 11.8 Å². The van der Waals surface area contributed by atoms with Crippen molar-refractivity contribution in [2.75, 3.05) is 0 Å². The van der Waals surface area contributed by atoms with Crippen LogP contribution in [0.15, 0.2) is 0 Å². The molecule has 7 heteroatoms. The van der Waals surface area contributed by atoms with Crippen molar-refractivity contribution < 1.29 is 25.8 Å². The van der Waals surface area contributed by atoms with Gasteiger partial charge in [-0.05, 0) is 13.8 Å². The first-order valence-electron chi connectivity index (χ1n) is 3.60. The molecule has 0 aliphatic heterocycles. The Balaban J connectivity index is 4.44. The topological polar surface area (TPSA) is 43.4 Å². The molecule has 14 heavy (non-hydrogen) atoms. The highest BCUT2D eigenvalue weighted by Gasteiger charge is 2.48. The third kappa shape index (κ3) is 3.98. The minimum absolute atomic E-state index is 0.0637. The van der Waals surface area contributed by atoms with E-state index >= 15 is 0 Å². The van der Waals surface area contributed by atoms with Gasteiger partial charge in [0, 0.05) is 6.42 Å². The van der Waals surface area contributed by atoms with E-state index in [1.165, 1.54) is 13.8 Å². The molecule has 0 N–H and O–H groups in total. The lowest BCUT2D eigenvalue weighted by Gasteiger charge is -2.11. The van der Waals surface area contributed by atoms with Gasteiger partial charge in [0.25, 0.3) is 0 Å². The zero-order chi connectivity index (χ0) is 11.4. The number of hydrogen-bond donors (Lipinski definition) is 0. The standard InChI is InChI=1S/C7H9F3O3S/c1-3-4-5-6(2)13-14(11,12)7(8,9)10/h6H,5H2,1-2H3/t6-/m0/s1. The third-order valence-corrected chi connectivity index (χ3v) is 2.29. The van der Waals surface area contributed by atoms with E-state index in [1.807, 2.05) is 0 Å². The lowest BCUT2D eigenvalue weighted by atomic mass is 10.3. The van der Waals surface area contributed by atoms with Crippen LogP contribution in [0.2, 0.25) is 0 Å². The Morgan fingerprint density at radius 2 is 1.93 bits per heavy atom. The first-order valence-corrected chi connectivity index (χ1v) is 5.00. The Hall–Kier alpha value is -0.740. The van der Waals surface area contributed by atoms with Crippen LogP contribution in [0.1, 0.15) is 20.3 Å². The predicted molar refractivity (Wildman–Crippen MR) is 43.6 cm³/mol. The van der Waals surface area contributed by atoms with Crippen LogP contribution in [0.5, 0.6) is 0 Å². The predicted octanol–water partition coefficient (Wildman–Crippen LogP) is 1.65. The highest BCUT2D eigenvalue weighted by atomic mass is 32.2. The second-order valence-electron chi connectivity index (χ2n) is 2.44. The van der Waals surface area contributed by atoms with Gasteiger partial charge >= 0.3 is 15.6 Å². The lowest BCUT2D eigenvalue weighted by molar-refractivity contribution is -0.0566. The van der Waals surface area contributed by atoms with Gasteiger partial charge in [-0.25, -0.2) is 0 Å². The molecule has 0 amide bonds. The van der Waals surface area contributed by atoms with Crippen LogP contribution >= 0.6 is 0 Å². The SMILES string of the molecule is CC#CC[C@H](C)OS(=O)(=O)C(F)(F)F. The Morgan fingerprint density at radius 3 is 2.29 bits per heavy atom. The molecule has 0 rings (SSSR count). The Kier molecular flexibility index (Phi) is 4.42. The van der Waals surface area contributed by atoms with Crippen LogP contribution in [0, 0.1) is 11.8 Å². The molecule has 0 aromatic heterocycles. The lowest BCUT2D eigenvalue weighted by Crippen LogP contribution is -2.28. The molecule has 0 aliphatic carbocycles. The van der Waals surface area contributed by atoms with Crippen molar-refractivity contribution in [1.29, 1.82) is 0 Å². The van der Waals surface area contributed by atoms with Gasteiger partial charge in [0.2, 0.25) is 0 Å². The van der Waals surface area contributed by atoms with Crippen molar-refractivity contribution in [2.45, 2.75) is 31.9 Å². The summed E-state index contributed by atoms with van der Waals surface area (Å²) in [7, 11) is -5.50. The summed E-state index contributed by atoms with van der Waals surface area (Å²) < 4.78 is 60.0. The fourth-order valence-electron chi connectivity index (χ4n) is 0.551. The van der Waals surface area contributed by atoms with Gasteiger partial charge in [0.05, 0.1) is 6.10 Å². The summed E-state index contributed by atoms with van der Waals surface area (Å²) in [5.74, 6) is 4.83. The van der Waals surface area contributed by atoms with Crippen molar-refractivity contribution in [2.24, 2.45) is 0 Å². The molecule has 0 saturated heterocycles. The molecule has 0 fully saturated rings. The van der Waals surface area contributed by atoms with E-state index < -0.39 is 21.7 Å². The van der Waals surface area contributed by atoms with E-state index in [0.29, 0.717) is 0 Å². The molecule has 1 atom stereocenters. The molecule has 0 bridgehead atoms. The van der Waals surface area contributed by atoms with Crippen LogP contribution in [0.3, 0.4) is 0 Å². The summed E-state index contributed by atoms with van der Waals surface area (Å²) in [6, 6.07) is 0. The second-order valence-corrected chi connectivity index (χ2v) is 4.00. The van der Waals surface area contributed by atoms with Gasteiger partial charge in [0.1, 0.15) is 0 Å². The molecule has 0 spiro atoms. The average molecular weight is 230 g/mol. The second kappa shape index (κ2) is 4.66. The normalized spacial score (nSPS) is 14.4. The Bertz CT molecular complexity index is 333. The molecule has 3 nitrogen and oxygen atoms in total. The molecule has 82 valence electrons. The summed E-state index contributed by atoms with van der Waals surface area (Å²) in [6.45, 7) is 2.69. The van der Waals surface area contributed by atoms with E-state index in [9.17, 15) is 21.6 Å². The van der Waals surface area contributed by atoms with Crippen LogP contribution in [-0.2, 0) is 14.3 Å². The molecule has 0 unspecified atom stereocenters. The molecular formula is C7H9F3O3S. The zero-order valence-electron chi connectivity index (χ0n) is 7.55. The van der Waals surface area contributed by atoms with E-state index in [0.717, 1.165) is 0 Å². The molecule has 0 heterocycles. The first-order chi connectivity index (χ1) is 6.20. The van der Waals surface area contributed by atoms with Crippen molar-refractivity contribution in [3.63, 3.8) is 0 Å². The first kappa shape index (κ1) is 13.3. The summed E-state index contributed by atoms with van der Waals surface area (Å²) >= 11 is 0. The van der Waals surface area contributed by atoms with Gasteiger partial charge in [-0.1, -0.05) is 0 Å². The van der Waals surface area contributed by atoms with Gasteiger partial charge < -0.3 is 0 Å². The maximum atomic E-state index is 11.8. The van der Waals surface area contributed by atoms with Crippen LogP contribution in [0.4, 0.5) is 13.2 Å². The molecular weight excluding hydrogens is 221 g/mol. The van der Waals surface area contributed by atoms with E-state index in [2.05, 4.69) is 16.0 Å². The zero-order valence-corrected chi connectivity index (χ0v) is 8.37. The van der Waals surface area contributed by atoms with Gasteiger partial charge in [-0.2, -0.15) is 21.6 Å². The van der Waals surface area contributed by atoms with Crippen molar-refractivity contribution in [3.8, 4) is 11.8 Å². The van der Waals surface area contributed by atoms with E-state index in [4.69, 9.17) is 0 Å².